The van der Waals surface area contributed by atoms with Crippen LogP contribution in [0.1, 0.15) is 12.8 Å². The molecule has 0 saturated carbocycles. The zero-order valence-electron chi connectivity index (χ0n) is 7.90. The van der Waals surface area contributed by atoms with E-state index in [0.29, 0.717) is 17.3 Å². The second-order valence-corrected chi connectivity index (χ2v) is 3.86. The van der Waals surface area contributed by atoms with Gasteiger partial charge in [-0.15, -0.1) is 0 Å². The van der Waals surface area contributed by atoms with Crippen LogP contribution < -0.4 is 4.74 Å². The molecule has 0 amide bonds. The van der Waals surface area contributed by atoms with E-state index < -0.39 is 18.3 Å². The average molecular weight is 283 g/mol. The summed E-state index contributed by atoms with van der Waals surface area (Å²) in [5, 5.41) is 0. The molecular weight excluding hydrogens is 273 g/mol. The Balaban J connectivity index is 2.60. The zero-order chi connectivity index (χ0) is 11.3. The van der Waals surface area contributed by atoms with Gasteiger partial charge >= 0.3 is 0 Å². The van der Waals surface area contributed by atoms with Crippen molar-refractivity contribution in [3.63, 3.8) is 0 Å². The fraction of sp³-hybridized carbons (Fsp3) is 0.400. The van der Waals surface area contributed by atoms with Crippen molar-refractivity contribution in [3.8, 4) is 5.75 Å². The van der Waals surface area contributed by atoms with Crippen LogP contribution in [0.5, 0.6) is 5.75 Å². The molecular formula is C10H10BrF3O. The molecule has 1 rings (SSSR count). The molecule has 1 aromatic carbocycles. The number of hydrogen-bond acceptors (Lipinski definition) is 1. The van der Waals surface area contributed by atoms with Crippen molar-refractivity contribution in [2.24, 2.45) is 0 Å². The number of benzene rings is 1. The molecule has 5 heteroatoms. The van der Waals surface area contributed by atoms with Crippen molar-refractivity contribution in [2.45, 2.75) is 12.8 Å². The molecule has 0 N–H and O–H groups in total. The number of rotatable bonds is 5. The molecule has 0 unspecified atom stereocenters. The van der Waals surface area contributed by atoms with Crippen molar-refractivity contribution in [2.75, 3.05) is 13.3 Å². The lowest BCUT2D eigenvalue weighted by molar-refractivity contribution is 0.279. The topological polar surface area (TPSA) is 9.23 Å². The lowest BCUT2D eigenvalue weighted by Crippen LogP contribution is -2.01. The fourth-order valence-corrected chi connectivity index (χ4v) is 1.42. The highest BCUT2D eigenvalue weighted by Gasteiger charge is 2.10. The summed E-state index contributed by atoms with van der Waals surface area (Å²) >= 11 is 3.02. The van der Waals surface area contributed by atoms with Crippen molar-refractivity contribution in [3.05, 3.63) is 28.2 Å². The van der Waals surface area contributed by atoms with Crippen molar-refractivity contribution in [1.82, 2.24) is 0 Å². The highest BCUT2D eigenvalue weighted by Crippen LogP contribution is 2.25. The van der Waals surface area contributed by atoms with E-state index >= 15 is 0 Å². The Morgan fingerprint density at radius 2 is 1.93 bits per heavy atom. The zero-order valence-corrected chi connectivity index (χ0v) is 9.49. The van der Waals surface area contributed by atoms with Crippen LogP contribution in [0.25, 0.3) is 0 Å². The minimum Gasteiger partial charge on any atom is -0.490 e. The van der Waals surface area contributed by atoms with Crippen LogP contribution in [0.15, 0.2) is 16.6 Å². The first-order valence-electron chi connectivity index (χ1n) is 4.48. The number of halogens is 4. The van der Waals surface area contributed by atoms with Gasteiger partial charge in [0.2, 0.25) is 5.82 Å². The smallest absolute Gasteiger partial charge is 0.200 e. The lowest BCUT2D eigenvalue weighted by Gasteiger charge is -2.07. The Morgan fingerprint density at radius 1 is 1.20 bits per heavy atom. The lowest BCUT2D eigenvalue weighted by atomic mass is 10.3. The largest absolute Gasteiger partial charge is 0.490 e. The van der Waals surface area contributed by atoms with E-state index in [9.17, 15) is 13.2 Å². The molecule has 1 nitrogen and oxygen atoms in total. The summed E-state index contributed by atoms with van der Waals surface area (Å²) in [6.07, 6.45) is 0.835. The molecule has 0 spiro atoms. The molecule has 0 atom stereocenters. The molecule has 0 aliphatic carbocycles. The normalized spacial score (nSPS) is 10.4. The first kappa shape index (κ1) is 12.4. The SMILES string of the molecule is FCCCCOc1cc(Br)cc(F)c1F. The number of ether oxygens (including phenoxy) is 1. The molecule has 0 fully saturated rings. The fourth-order valence-electron chi connectivity index (χ4n) is 1.02. The first-order valence-corrected chi connectivity index (χ1v) is 5.27. The van der Waals surface area contributed by atoms with Gasteiger partial charge < -0.3 is 4.74 Å². The van der Waals surface area contributed by atoms with Gasteiger partial charge in [-0.25, -0.2) is 4.39 Å². The van der Waals surface area contributed by atoms with Gasteiger partial charge in [-0.1, -0.05) is 15.9 Å². The summed E-state index contributed by atoms with van der Waals surface area (Å²) in [5.74, 6) is -2.14. The Morgan fingerprint density at radius 3 is 2.60 bits per heavy atom. The third kappa shape index (κ3) is 3.74. The summed E-state index contributed by atoms with van der Waals surface area (Å²) in [7, 11) is 0. The van der Waals surface area contributed by atoms with Gasteiger partial charge in [-0.3, -0.25) is 4.39 Å². The highest BCUT2D eigenvalue weighted by molar-refractivity contribution is 9.10. The molecule has 0 saturated heterocycles. The van der Waals surface area contributed by atoms with Crippen LogP contribution in [0, 0.1) is 11.6 Å². The predicted octanol–water partition coefficient (Wildman–Crippen LogP) is 3.86. The highest BCUT2D eigenvalue weighted by atomic mass is 79.9. The van der Waals surface area contributed by atoms with E-state index in [1.54, 1.807) is 0 Å². The Kier molecular flexibility index (Phi) is 4.94. The van der Waals surface area contributed by atoms with Gasteiger partial charge in [0.1, 0.15) is 0 Å². The maximum atomic E-state index is 13.1. The van der Waals surface area contributed by atoms with Crippen LogP contribution in [0.4, 0.5) is 13.2 Å². The number of unbranched alkanes of at least 4 members (excludes halogenated alkanes) is 1. The van der Waals surface area contributed by atoms with Gasteiger partial charge in [0.25, 0.3) is 0 Å². The standard InChI is InChI=1S/C10H10BrF3O/c11-7-5-8(13)10(14)9(6-7)15-4-2-1-3-12/h5-6H,1-4H2. The Labute approximate surface area is 94.4 Å². The molecule has 1 aromatic rings. The molecule has 0 aromatic heterocycles. The second-order valence-electron chi connectivity index (χ2n) is 2.94. The van der Waals surface area contributed by atoms with Crippen LogP contribution in [-0.4, -0.2) is 13.3 Å². The van der Waals surface area contributed by atoms with Crippen LogP contribution >= 0.6 is 15.9 Å². The summed E-state index contributed by atoms with van der Waals surface area (Å²) in [6, 6.07) is 2.36. The van der Waals surface area contributed by atoms with Gasteiger partial charge in [-0.2, -0.15) is 4.39 Å². The van der Waals surface area contributed by atoms with Crippen molar-refractivity contribution >= 4 is 15.9 Å². The molecule has 0 aliphatic heterocycles. The summed E-state index contributed by atoms with van der Waals surface area (Å²) in [4.78, 5) is 0. The minimum absolute atomic E-state index is 0.152. The van der Waals surface area contributed by atoms with Crippen molar-refractivity contribution < 1.29 is 17.9 Å². The first-order chi connectivity index (χ1) is 7.15. The van der Waals surface area contributed by atoms with Crippen LogP contribution in [0.3, 0.4) is 0 Å². The van der Waals surface area contributed by atoms with E-state index in [-0.39, 0.29) is 12.4 Å². The average Bonchev–Trinajstić information content (AvgIpc) is 2.19. The maximum Gasteiger partial charge on any atom is 0.200 e. The monoisotopic (exact) mass is 282 g/mol. The van der Waals surface area contributed by atoms with Gasteiger partial charge in [0.05, 0.1) is 13.3 Å². The van der Waals surface area contributed by atoms with E-state index in [1.807, 2.05) is 0 Å². The van der Waals surface area contributed by atoms with E-state index in [0.717, 1.165) is 6.07 Å². The summed E-state index contributed by atoms with van der Waals surface area (Å²) < 4.78 is 43.1. The second kappa shape index (κ2) is 6.00. The molecule has 0 aliphatic rings. The maximum absolute atomic E-state index is 13.1. The van der Waals surface area contributed by atoms with E-state index in [2.05, 4.69) is 15.9 Å². The van der Waals surface area contributed by atoms with Crippen LogP contribution in [-0.2, 0) is 0 Å². The third-order valence-corrected chi connectivity index (χ3v) is 2.20. The Bertz CT molecular complexity index is 331. The molecule has 0 radical (unpaired) electrons. The minimum atomic E-state index is -1.02. The third-order valence-electron chi connectivity index (χ3n) is 1.75. The number of hydrogen-bond donors (Lipinski definition) is 0. The van der Waals surface area contributed by atoms with Gasteiger partial charge in [-0.05, 0) is 25.0 Å². The van der Waals surface area contributed by atoms with Gasteiger partial charge in [0, 0.05) is 4.47 Å². The van der Waals surface area contributed by atoms with E-state index in [1.165, 1.54) is 6.07 Å². The summed E-state index contributed by atoms with van der Waals surface area (Å²) in [5.41, 5.74) is 0. The summed E-state index contributed by atoms with van der Waals surface area (Å²) in [6.45, 7) is -0.255. The Hall–Kier alpha value is -0.710. The van der Waals surface area contributed by atoms with Crippen molar-refractivity contribution in [1.29, 1.82) is 0 Å². The van der Waals surface area contributed by atoms with Gasteiger partial charge in [0.15, 0.2) is 11.6 Å². The van der Waals surface area contributed by atoms with E-state index in [4.69, 9.17) is 4.74 Å². The molecule has 15 heavy (non-hydrogen) atoms. The molecule has 84 valence electrons. The number of alkyl halides is 1. The predicted molar refractivity (Wildman–Crippen MR) is 54.8 cm³/mol. The molecule has 0 bridgehead atoms. The van der Waals surface area contributed by atoms with Crippen LogP contribution in [0.2, 0.25) is 0 Å². The quantitative estimate of drug-likeness (QED) is 0.589. The molecule has 0 heterocycles.